The van der Waals surface area contributed by atoms with Gasteiger partial charge in [0.2, 0.25) is 5.95 Å². The molecule has 4 aromatic rings. The number of aromatic nitrogens is 2. The Balaban J connectivity index is 1.50. The van der Waals surface area contributed by atoms with E-state index in [0.29, 0.717) is 18.9 Å². The fraction of sp³-hybridized carbons (Fsp3) is 0.280. The molecular weight excluding hydrogens is 420 g/mol. The number of aromatic hydroxyl groups is 1. The second-order valence-electron chi connectivity index (χ2n) is 8.36. The van der Waals surface area contributed by atoms with Gasteiger partial charge in [0, 0.05) is 47.4 Å². The maximum atomic E-state index is 12.3. The molecule has 7 heteroatoms. The Morgan fingerprint density at radius 1 is 1.06 bits per heavy atom. The molecule has 2 aromatic heterocycles. The van der Waals surface area contributed by atoms with Crippen molar-refractivity contribution in [3.05, 3.63) is 87.2 Å². The molecule has 0 amide bonds. The molecule has 1 atom stereocenters. The summed E-state index contributed by atoms with van der Waals surface area (Å²) in [5.41, 5.74) is 1.77. The molecule has 0 saturated carbocycles. The molecule has 0 bridgehead atoms. The smallest absolute Gasteiger partial charge is 0.274 e. The average molecular weight is 449 g/mol. The number of benzene rings is 2. The Morgan fingerprint density at radius 2 is 1.81 bits per heavy atom. The van der Waals surface area contributed by atoms with E-state index in [-0.39, 0.29) is 17.4 Å². The molecule has 2 N–H and O–H groups in total. The average Bonchev–Trinajstić information content (AvgIpc) is 3.16. The number of aromatic amines is 1. The molecule has 0 aliphatic carbocycles. The second-order valence-corrected chi connectivity index (χ2v) is 9.53. The number of hydrogen-bond donors (Lipinski definition) is 2. The Kier molecular flexibility index (Phi) is 6.58. The van der Waals surface area contributed by atoms with E-state index in [2.05, 4.69) is 33.1 Å². The van der Waals surface area contributed by atoms with E-state index in [1.807, 2.05) is 50.3 Å². The van der Waals surface area contributed by atoms with Crippen molar-refractivity contribution < 1.29 is 5.11 Å². The predicted molar refractivity (Wildman–Crippen MR) is 132 cm³/mol. The normalized spacial score (nSPS) is 12.4. The third kappa shape index (κ3) is 5.36. The zero-order valence-electron chi connectivity index (χ0n) is 18.6. The molecule has 0 saturated heterocycles. The number of nitrogens with zero attached hydrogens (tertiary/aromatic N) is 3. The van der Waals surface area contributed by atoms with Crippen LogP contribution in [-0.2, 0) is 12.8 Å². The minimum absolute atomic E-state index is 0.209. The molecule has 32 heavy (non-hydrogen) atoms. The third-order valence-electron chi connectivity index (χ3n) is 5.61. The molecule has 0 spiro atoms. The lowest BCUT2D eigenvalue weighted by Crippen LogP contribution is -2.41. The van der Waals surface area contributed by atoms with Crippen molar-refractivity contribution in [3.8, 4) is 5.75 Å². The summed E-state index contributed by atoms with van der Waals surface area (Å²) >= 11 is 1.75. The van der Waals surface area contributed by atoms with Crippen LogP contribution in [0, 0.1) is 0 Å². The number of anilines is 1. The highest BCUT2D eigenvalue weighted by Gasteiger charge is 2.17. The molecular formula is C25H28N4O2S. The van der Waals surface area contributed by atoms with Gasteiger partial charge in [-0.25, -0.2) is 0 Å². The predicted octanol–water partition coefficient (Wildman–Crippen LogP) is 3.89. The van der Waals surface area contributed by atoms with Gasteiger partial charge in [-0.2, -0.15) is 4.98 Å². The van der Waals surface area contributed by atoms with Crippen molar-refractivity contribution >= 4 is 27.4 Å². The monoisotopic (exact) mass is 448 g/mol. The van der Waals surface area contributed by atoms with Gasteiger partial charge < -0.3 is 19.9 Å². The van der Waals surface area contributed by atoms with Crippen molar-refractivity contribution in [2.75, 3.05) is 32.6 Å². The first kappa shape index (κ1) is 22.0. The summed E-state index contributed by atoms with van der Waals surface area (Å²) < 4.78 is 1.25. The fourth-order valence-corrected chi connectivity index (χ4v) is 4.89. The summed E-state index contributed by atoms with van der Waals surface area (Å²) in [6.45, 7) is 0.698. The van der Waals surface area contributed by atoms with Crippen LogP contribution < -0.4 is 10.5 Å². The molecule has 2 heterocycles. The van der Waals surface area contributed by atoms with Gasteiger partial charge in [-0.3, -0.25) is 4.79 Å². The van der Waals surface area contributed by atoms with Crippen LogP contribution >= 0.6 is 11.3 Å². The van der Waals surface area contributed by atoms with Gasteiger partial charge in [-0.1, -0.05) is 30.3 Å². The number of nitrogens with one attached hydrogen (secondary N) is 1. The van der Waals surface area contributed by atoms with E-state index >= 15 is 0 Å². The van der Waals surface area contributed by atoms with Crippen molar-refractivity contribution in [1.29, 1.82) is 0 Å². The van der Waals surface area contributed by atoms with Crippen LogP contribution in [0.25, 0.3) is 10.1 Å². The van der Waals surface area contributed by atoms with Crippen molar-refractivity contribution in [3.63, 3.8) is 0 Å². The van der Waals surface area contributed by atoms with Crippen molar-refractivity contribution in [2.24, 2.45) is 0 Å². The van der Waals surface area contributed by atoms with Crippen LogP contribution in [0.15, 0.2) is 65.5 Å². The highest BCUT2D eigenvalue weighted by Crippen LogP contribution is 2.26. The number of phenols is 1. The summed E-state index contributed by atoms with van der Waals surface area (Å²) in [5, 5.41) is 10.8. The lowest BCUT2D eigenvalue weighted by Gasteiger charge is -2.29. The molecule has 0 fully saturated rings. The molecule has 0 aliphatic rings. The third-order valence-corrected chi connectivity index (χ3v) is 6.73. The summed E-state index contributed by atoms with van der Waals surface area (Å²) in [6, 6.07) is 19.6. The van der Waals surface area contributed by atoms with Crippen LogP contribution in [0.1, 0.15) is 16.1 Å². The van der Waals surface area contributed by atoms with Gasteiger partial charge in [-0.15, -0.1) is 11.3 Å². The lowest BCUT2D eigenvalue weighted by molar-refractivity contribution is 0.294. The minimum atomic E-state index is -0.235. The molecule has 0 radical (unpaired) electrons. The fourth-order valence-electron chi connectivity index (χ4n) is 3.80. The number of phenolic OH excluding ortho intramolecular Hbond substituents is 1. The molecule has 0 aliphatic heterocycles. The van der Waals surface area contributed by atoms with Gasteiger partial charge in [0.1, 0.15) is 5.75 Å². The summed E-state index contributed by atoms with van der Waals surface area (Å²) in [7, 11) is 6.05. The van der Waals surface area contributed by atoms with E-state index in [1.165, 1.54) is 15.0 Å². The Hall–Kier alpha value is -3.16. The summed E-state index contributed by atoms with van der Waals surface area (Å²) in [5.74, 6) is 0.843. The molecule has 166 valence electrons. The number of H-pyrrole nitrogens is 1. The topological polar surface area (TPSA) is 72.5 Å². The standard InChI is InChI=1S/C25H28N4O2S/c1-28(2)20(12-17-8-10-21(30)11-9-17)16-29(3)25-26-19(15-24(31)27-25)14-22-13-18-6-4-5-7-23(18)32-22/h4-11,13,15,20,30H,12,14,16H2,1-3H3,(H,26,27,31)/t20-/m0/s1. The van der Waals surface area contributed by atoms with Crippen LogP contribution in [-0.4, -0.2) is 53.7 Å². The van der Waals surface area contributed by atoms with E-state index in [9.17, 15) is 9.90 Å². The van der Waals surface area contributed by atoms with E-state index in [4.69, 9.17) is 0 Å². The summed E-state index contributed by atoms with van der Waals surface area (Å²) in [6.07, 6.45) is 1.49. The zero-order chi connectivity index (χ0) is 22.7. The van der Waals surface area contributed by atoms with Crippen molar-refractivity contribution in [1.82, 2.24) is 14.9 Å². The number of likely N-dealkylation sites (N-methyl/N-ethyl adjacent to an activating group) is 2. The van der Waals surface area contributed by atoms with Crippen LogP contribution in [0.2, 0.25) is 0 Å². The maximum Gasteiger partial charge on any atom is 0.274 e. The minimum Gasteiger partial charge on any atom is -0.508 e. The van der Waals surface area contributed by atoms with Gasteiger partial charge in [-0.05, 0) is 55.7 Å². The van der Waals surface area contributed by atoms with E-state index < -0.39 is 0 Å². The molecule has 6 nitrogen and oxygen atoms in total. The first-order chi connectivity index (χ1) is 15.4. The van der Waals surface area contributed by atoms with Gasteiger partial charge in [0.15, 0.2) is 0 Å². The quantitative estimate of drug-likeness (QED) is 0.428. The summed E-state index contributed by atoms with van der Waals surface area (Å²) in [4.78, 5) is 25.3. The highest BCUT2D eigenvalue weighted by molar-refractivity contribution is 7.19. The van der Waals surface area contributed by atoms with Crippen LogP contribution in [0.4, 0.5) is 5.95 Å². The van der Waals surface area contributed by atoms with Crippen LogP contribution in [0.3, 0.4) is 0 Å². The number of rotatable bonds is 8. The molecule has 2 aromatic carbocycles. The Morgan fingerprint density at radius 3 is 2.53 bits per heavy atom. The maximum absolute atomic E-state index is 12.3. The van der Waals surface area contributed by atoms with E-state index in [0.717, 1.165) is 17.7 Å². The van der Waals surface area contributed by atoms with Crippen LogP contribution in [0.5, 0.6) is 5.75 Å². The molecule has 4 rings (SSSR count). The number of thiophene rings is 1. The second kappa shape index (κ2) is 9.54. The first-order valence-corrected chi connectivity index (χ1v) is 11.4. The van der Waals surface area contributed by atoms with Gasteiger partial charge in [0.05, 0.1) is 0 Å². The zero-order valence-corrected chi connectivity index (χ0v) is 19.4. The van der Waals surface area contributed by atoms with E-state index in [1.54, 1.807) is 29.5 Å². The Labute approximate surface area is 191 Å². The van der Waals surface area contributed by atoms with Gasteiger partial charge >= 0.3 is 0 Å². The SMILES string of the molecule is CN(C[C@H](Cc1ccc(O)cc1)N(C)C)c1nc(=O)cc(Cc2cc3ccccc3s2)[nH]1. The van der Waals surface area contributed by atoms with Gasteiger partial charge in [0.25, 0.3) is 5.56 Å². The largest absolute Gasteiger partial charge is 0.508 e. The van der Waals surface area contributed by atoms with Crippen molar-refractivity contribution in [2.45, 2.75) is 18.9 Å². The highest BCUT2D eigenvalue weighted by atomic mass is 32.1. The lowest BCUT2D eigenvalue weighted by atomic mass is 10.0. The Bertz CT molecular complexity index is 1210. The molecule has 0 unspecified atom stereocenters. The first-order valence-electron chi connectivity index (χ1n) is 10.6. The number of fused-ring (bicyclic) bond motifs is 1. The number of hydrogen-bond acceptors (Lipinski definition) is 6.